The molecule has 0 aliphatic rings. The van der Waals surface area contributed by atoms with Gasteiger partial charge in [-0.25, -0.2) is 10.2 Å². The minimum atomic E-state index is -0.647. The number of esters is 1. The lowest BCUT2D eigenvalue weighted by Crippen LogP contribution is -2.19. The van der Waals surface area contributed by atoms with Gasteiger partial charge in [-0.3, -0.25) is 4.79 Å². The number of halogens is 1. The standard InChI is InChI=1S/C28H20ClN3O5/c1-35-22-13-6-10-19-24(18-9-3-4-11-20(18)29)26(31-25(19)22)27(33)32-30-16-17-8-2-5-12-21(17)37-28(34)23-14-7-15-36-23/h2-16,31H,1H3,(H,32,33). The number of nitrogens with zero attached hydrogens (tertiary/aromatic N) is 1. The van der Waals surface area contributed by atoms with Gasteiger partial charge in [-0.15, -0.1) is 0 Å². The van der Waals surface area contributed by atoms with Crippen LogP contribution in [0, 0.1) is 0 Å². The number of nitrogens with one attached hydrogen (secondary N) is 2. The van der Waals surface area contributed by atoms with E-state index in [1.54, 1.807) is 49.6 Å². The predicted molar refractivity (Wildman–Crippen MR) is 140 cm³/mol. The Balaban J connectivity index is 1.45. The predicted octanol–water partition coefficient (Wildman–Crippen LogP) is 6.07. The fourth-order valence-electron chi connectivity index (χ4n) is 3.92. The summed E-state index contributed by atoms with van der Waals surface area (Å²) in [6, 6.07) is 22.7. The molecule has 0 spiro atoms. The maximum absolute atomic E-state index is 13.3. The molecule has 2 heterocycles. The number of hydrogen-bond donors (Lipinski definition) is 2. The van der Waals surface area contributed by atoms with E-state index in [1.807, 2.05) is 30.3 Å². The summed E-state index contributed by atoms with van der Waals surface area (Å²) >= 11 is 6.49. The van der Waals surface area contributed by atoms with Crippen molar-refractivity contribution in [1.29, 1.82) is 0 Å². The zero-order valence-corrected chi connectivity index (χ0v) is 20.3. The van der Waals surface area contributed by atoms with Gasteiger partial charge in [-0.05, 0) is 36.4 Å². The Bertz CT molecular complexity index is 1620. The van der Waals surface area contributed by atoms with E-state index in [0.717, 1.165) is 5.39 Å². The van der Waals surface area contributed by atoms with Crippen molar-refractivity contribution in [3.05, 3.63) is 107 Å². The number of H-pyrrole nitrogens is 1. The number of rotatable bonds is 7. The Kier molecular flexibility index (Phi) is 6.74. The van der Waals surface area contributed by atoms with E-state index in [2.05, 4.69) is 15.5 Å². The molecule has 2 aromatic heterocycles. The van der Waals surface area contributed by atoms with Crippen LogP contribution in [0.25, 0.3) is 22.0 Å². The van der Waals surface area contributed by atoms with Crippen molar-refractivity contribution in [2.45, 2.75) is 0 Å². The van der Waals surface area contributed by atoms with Crippen molar-refractivity contribution in [1.82, 2.24) is 10.4 Å². The number of furan rings is 1. The van der Waals surface area contributed by atoms with Gasteiger partial charge in [0.05, 0.1) is 25.1 Å². The highest BCUT2D eigenvalue weighted by Gasteiger charge is 2.22. The molecule has 0 aliphatic carbocycles. The summed E-state index contributed by atoms with van der Waals surface area (Å²) in [6.45, 7) is 0. The number of ether oxygens (including phenoxy) is 2. The Labute approximate surface area is 216 Å². The fraction of sp³-hybridized carbons (Fsp3) is 0.0357. The number of aromatic nitrogens is 1. The van der Waals surface area contributed by atoms with Gasteiger partial charge in [0.2, 0.25) is 5.76 Å². The molecule has 0 bridgehead atoms. The number of carbonyl (C=O) groups excluding carboxylic acids is 2. The van der Waals surface area contributed by atoms with Gasteiger partial charge >= 0.3 is 5.97 Å². The van der Waals surface area contributed by atoms with Crippen LogP contribution in [0.15, 0.2) is 94.6 Å². The van der Waals surface area contributed by atoms with E-state index in [0.29, 0.717) is 33.0 Å². The van der Waals surface area contributed by atoms with Crippen LogP contribution in [-0.2, 0) is 0 Å². The molecule has 0 unspecified atom stereocenters. The number of fused-ring (bicyclic) bond motifs is 1. The SMILES string of the molecule is COc1cccc2c(-c3ccccc3Cl)c(C(=O)NN=Cc3ccccc3OC(=O)c3ccco3)[nH]c12. The average molecular weight is 514 g/mol. The molecule has 5 aromatic rings. The first-order chi connectivity index (χ1) is 18.1. The molecule has 0 radical (unpaired) electrons. The molecule has 1 amide bonds. The van der Waals surface area contributed by atoms with Gasteiger partial charge in [0, 0.05) is 27.1 Å². The Morgan fingerprint density at radius 2 is 1.76 bits per heavy atom. The zero-order chi connectivity index (χ0) is 25.8. The van der Waals surface area contributed by atoms with Crippen molar-refractivity contribution >= 4 is 40.6 Å². The molecule has 37 heavy (non-hydrogen) atoms. The van der Waals surface area contributed by atoms with Crippen LogP contribution in [0.4, 0.5) is 0 Å². The molecule has 0 saturated heterocycles. The molecule has 8 nitrogen and oxygen atoms in total. The van der Waals surface area contributed by atoms with Crippen molar-refractivity contribution in [2.75, 3.05) is 7.11 Å². The normalized spacial score (nSPS) is 11.1. The molecule has 5 rings (SSSR count). The van der Waals surface area contributed by atoms with Crippen LogP contribution in [0.5, 0.6) is 11.5 Å². The van der Waals surface area contributed by atoms with Gasteiger partial charge in [0.15, 0.2) is 0 Å². The van der Waals surface area contributed by atoms with E-state index in [9.17, 15) is 9.59 Å². The lowest BCUT2D eigenvalue weighted by atomic mass is 10.0. The second kappa shape index (κ2) is 10.4. The Hall–Kier alpha value is -4.82. The van der Waals surface area contributed by atoms with Crippen LogP contribution >= 0.6 is 11.6 Å². The third-order valence-corrected chi connectivity index (χ3v) is 5.93. The first kappa shape index (κ1) is 23.9. The van der Waals surface area contributed by atoms with E-state index in [1.165, 1.54) is 18.5 Å². The summed E-state index contributed by atoms with van der Waals surface area (Å²) in [7, 11) is 1.56. The zero-order valence-electron chi connectivity index (χ0n) is 19.5. The van der Waals surface area contributed by atoms with E-state index in [-0.39, 0.29) is 17.2 Å². The smallest absolute Gasteiger partial charge is 0.379 e. The average Bonchev–Trinajstić information content (AvgIpc) is 3.58. The second-order valence-electron chi connectivity index (χ2n) is 7.84. The molecule has 0 aliphatic heterocycles. The lowest BCUT2D eigenvalue weighted by molar-refractivity contribution is 0.0701. The number of methoxy groups -OCH3 is 1. The molecule has 2 N–H and O–H groups in total. The highest BCUT2D eigenvalue weighted by molar-refractivity contribution is 6.34. The van der Waals surface area contributed by atoms with Gasteiger partial charge < -0.3 is 18.9 Å². The van der Waals surface area contributed by atoms with Gasteiger partial charge in [0.25, 0.3) is 5.91 Å². The molecule has 184 valence electrons. The monoisotopic (exact) mass is 513 g/mol. The molecule has 9 heteroatoms. The van der Waals surface area contributed by atoms with Crippen LogP contribution < -0.4 is 14.9 Å². The molecule has 0 atom stereocenters. The first-order valence-electron chi connectivity index (χ1n) is 11.2. The van der Waals surface area contributed by atoms with E-state index >= 15 is 0 Å². The number of carbonyl (C=O) groups is 2. The van der Waals surface area contributed by atoms with Gasteiger partial charge in [-0.2, -0.15) is 5.10 Å². The third kappa shape index (κ3) is 4.82. The number of benzene rings is 3. The molecule has 0 saturated carbocycles. The largest absolute Gasteiger partial charge is 0.495 e. The highest BCUT2D eigenvalue weighted by Crippen LogP contribution is 2.39. The molecule has 0 fully saturated rings. The summed E-state index contributed by atoms with van der Waals surface area (Å²) in [5.74, 6) is -0.225. The van der Waals surface area contributed by atoms with Crippen LogP contribution in [0.3, 0.4) is 0 Å². The van der Waals surface area contributed by atoms with Crippen molar-refractivity contribution in [2.24, 2.45) is 5.10 Å². The van der Waals surface area contributed by atoms with Gasteiger partial charge in [-0.1, -0.05) is 54.1 Å². The minimum Gasteiger partial charge on any atom is -0.495 e. The van der Waals surface area contributed by atoms with Crippen LogP contribution in [0.2, 0.25) is 5.02 Å². The fourth-order valence-corrected chi connectivity index (χ4v) is 4.15. The molecule has 3 aromatic carbocycles. The molecular formula is C28H20ClN3O5. The maximum Gasteiger partial charge on any atom is 0.379 e. The van der Waals surface area contributed by atoms with Crippen LogP contribution in [0.1, 0.15) is 26.6 Å². The summed E-state index contributed by atoms with van der Waals surface area (Å²) in [5, 5.41) is 5.37. The van der Waals surface area contributed by atoms with Crippen molar-refractivity contribution < 1.29 is 23.5 Å². The van der Waals surface area contributed by atoms with Crippen molar-refractivity contribution in [3.8, 4) is 22.6 Å². The Morgan fingerprint density at radius 3 is 2.54 bits per heavy atom. The summed E-state index contributed by atoms with van der Waals surface area (Å²) < 4.78 is 16.0. The van der Waals surface area contributed by atoms with Crippen LogP contribution in [-0.4, -0.2) is 30.2 Å². The van der Waals surface area contributed by atoms with E-state index in [4.69, 9.17) is 25.5 Å². The molecular weight excluding hydrogens is 494 g/mol. The van der Waals surface area contributed by atoms with Gasteiger partial charge in [0.1, 0.15) is 17.2 Å². The highest BCUT2D eigenvalue weighted by atomic mass is 35.5. The number of aromatic amines is 1. The quantitative estimate of drug-likeness (QED) is 0.119. The number of para-hydroxylation sites is 2. The first-order valence-corrected chi connectivity index (χ1v) is 11.6. The summed E-state index contributed by atoms with van der Waals surface area (Å²) in [4.78, 5) is 28.7. The van der Waals surface area contributed by atoms with E-state index < -0.39 is 11.9 Å². The Morgan fingerprint density at radius 1 is 0.973 bits per heavy atom. The number of amides is 1. The maximum atomic E-state index is 13.3. The summed E-state index contributed by atoms with van der Waals surface area (Å²) in [5.41, 5.74) is 5.25. The second-order valence-corrected chi connectivity index (χ2v) is 8.25. The third-order valence-electron chi connectivity index (χ3n) is 5.60. The minimum absolute atomic E-state index is 0.0707. The summed E-state index contributed by atoms with van der Waals surface area (Å²) in [6.07, 6.45) is 2.77. The topological polar surface area (TPSA) is 106 Å². The number of hydrazone groups is 1. The van der Waals surface area contributed by atoms with Crippen molar-refractivity contribution in [3.63, 3.8) is 0 Å². The number of hydrogen-bond acceptors (Lipinski definition) is 6. The lowest BCUT2D eigenvalue weighted by Gasteiger charge is -2.07.